The fourth-order valence-electron chi connectivity index (χ4n) is 5.97. The van der Waals surface area contributed by atoms with Gasteiger partial charge in [0.25, 0.3) is 0 Å². The molecule has 1 saturated heterocycles. The van der Waals surface area contributed by atoms with Gasteiger partial charge in [-0.2, -0.15) is 22.7 Å². The second kappa shape index (κ2) is 9.98. The summed E-state index contributed by atoms with van der Waals surface area (Å²) in [5, 5.41) is 7.01. The smallest absolute Gasteiger partial charge is 0.371 e. The molecule has 1 fully saturated rings. The molecule has 1 N–H and O–H groups in total. The first-order chi connectivity index (χ1) is 18.8. The summed E-state index contributed by atoms with van der Waals surface area (Å²) in [6.45, 7) is 1.62. The zero-order chi connectivity index (χ0) is 27.1. The van der Waals surface area contributed by atoms with Crippen LogP contribution < -0.4 is 4.90 Å². The number of hydrogen-bond acceptors (Lipinski definition) is 3. The maximum atomic E-state index is 14.8. The number of alkyl halides is 3. The lowest BCUT2D eigenvalue weighted by Crippen LogP contribution is -2.34. The summed E-state index contributed by atoms with van der Waals surface area (Å²) in [4.78, 5) is 13.4. The monoisotopic (exact) mass is 533 g/mol. The molecule has 1 aliphatic heterocycles. The molecule has 4 aromatic rings. The van der Waals surface area contributed by atoms with Crippen molar-refractivity contribution in [1.29, 1.82) is 0 Å². The largest absolute Gasteiger partial charge is 0.416 e. The van der Waals surface area contributed by atoms with Gasteiger partial charge in [-0.25, -0.2) is 0 Å². The molecule has 0 radical (unpaired) electrons. The van der Waals surface area contributed by atoms with Gasteiger partial charge in [0.2, 0.25) is 5.95 Å². The molecule has 0 spiro atoms. The molecule has 3 aromatic carbocycles. The third-order valence-corrected chi connectivity index (χ3v) is 8.02. The van der Waals surface area contributed by atoms with Gasteiger partial charge in [0.05, 0.1) is 16.5 Å². The second-order valence-corrected chi connectivity index (χ2v) is 10.3. The van der Waals surface area contributed by atoms with Gasteiger partial charge in [-0.15, -0.1) is 0 Å². The molecular weight excluding hydrogens is 506 g/mol. The van der Waals surface area contributed by atoms with Crippen molar-refractivity contribution in [1.82, 2.24) is 10.2 Å². The van der Waals surface area contributed by atoms with Crippen molar-refractivity contribution >= 4 is 34.0 Å². The van der Waals surface area contributed by atoms with Crippen LogP contribution in [0.2, 0.25) is 0 Å². The molecule has 2 heterocycles. The molecule has 4 nitrogen and oxygen atoms in total. The zero-order valence-electron chi connectivity index (χ0n) is 21.2. The molecule has 0 unspecified atom stereocenters. The molecule has 1 aromatic heterocycles. The van der Waals surface area contributed by atoms with Gasteiger partial charge in [-0.05, 0) is 95.8 Å². The molecule has 200 valence electrons. The van der Waals surface area contributed by atoms with E-state index in [4.69, 9.17) is 0 Å². The number of rotatable bonds is 4. The van der Waals surface area contributed by atoms with Crippen molar-refractivity contribution in [3.8, 4) is 0 Å². The highest BCUT2D eigenvalue weighted by atomic mass is 19.4. The maximum absolute atomic E-state index is 14.8. The molecule has 6 rings (SSSR count). The maximum Gasteiger partial charge on any atom is 0.416 e. The molecule has 8 heteroatoms. The van der Waals surface area contributed by atoms with Crippen molar-refractivity contribution in [3.63, 3.8) is 0 Å². The Morgan fingerprint density at radius 2 is 1.59 bits per heavy atom. The summed E-state index contributed by atoms with van der Waals surface area (Å²) in [5.74, 6) is -0.368. The van der Waals surface area contributed by atoms with E-state index in [0.29, 0.717) is 23.7 Å². The van der Waals surface area contributed by atoms with Crippen molar-refractivity contribution < 1.29 is 22.4 Å². The Morgan fingerprint density at radius 1 is 0.897 bits per heavy atom. The third kappa shape index (κ3) is 4.73. The van der Waals surface area contributed by atoms with Crippen LogP contribution in [0.15, 0.2) is 60.7 Å². The summed E-state index contributed by atoms with van der Waals surface area (Å²) < 4.78 is 54.6. The number of piperidine rings is 1. The quantitative estimate of drug-likeness (QED) is 0.219. The van der Waals surface area contributed by atoms with Crippen LogP contribution in [0.1, 0.15) is 53.5 Å². The number of fused-ring (bicyclic) bond motifs is 3. The molecule has 0 amide bonds. The van der Waals surface area contributed by atoms with Crippen LogP contribution in [-0.4, -0.2) is 29.6 Å². The van der Waals surface area contributed by atoms with Crippen LogP contribution in [0.5, 0.6) is 0 Å². The number of benzene rings is 3. The number of anilines is 1. The van der Waals surface area contributed by atoms with Crippen LogP contribution in [0.25, 0.3) is 22.0 Å². The van der Waals surface area contributed by atoms with E-state index in [1.165, 1.54) is 12.1 Å². The number of aromatic amines is 1. The van der Waals surface area contributed by atoms with Crippen molar-refractivity contribution in [3.05, 3.63) is 94.4 Å². The first kappa shape index (κ1) is 25.3. The highest BCUT2D eigenvalue weighted by molar-refractivity contribution is 6.03. The number of halogens is 4. The number of nitrogens with one attached hydrogen (secondary N) is 1. The minimum Gasteiger partial charge on any atom is -0.371 e. The highest BCUT2D eigenvalue weighted by Gasteiger charge is 2.31. The fraction of sp³-hybridized carbons (Fsp3) is 0.290. The SMILES string of the molecule is O=CC1CCN(c2ccc(C3=C(c4ccc(C(F)(F)F)cc4)CCCc4c3ccc3n[nH]c(F)c43)cc2)CC1. The molecule has 39 heavy (non-hydrogen) atoms. The second-order valence-electron chi connectivity index (χ2n) is 10.3. The normalized spacial score (nSPS) is 16.9. The molecule has 2 aliphatic rings. The Balaban J connectivity index is 1.48. The van der Waals surface area contributed by atoms with E-state index in [0.717, 1.165) is 89.9 Å². The number of allylic oxidation sites excluding steroid dienone is 1. The van der Waals surface area contributed by atoms with Gasteiger partial charge in [-0.1, -0.05) is 30.3 Å². The number of carbonyl (C=O) groups excluding carboxylic acids is 1. The minimum atomic E-state index is -4.41. The molecule has 0 atom stereocenters. The van der Waals surface area contributed by atoms with Crippen LogP contribution >= 0.6 is 0 Å². The van der Waals surface area contributed by atoms with E-state index in [-0.39, 0.29) is 5.92 Å². The summed E-state index contributed by atoms with van der Waals surface area (Å²) in [5.41, 5.74) is 6.13. The highest BCUT2D eigenvalue weighted by Crippen LogP contribution is 2.43. The van der Waals surface area contributed by atoms with Crippen LogP contribution in [0, 0.1) is 11.9 Å². The van der Waals surface area contributed by atoms with E-state index < -0.39 is 17.7 Å². The van der Waals surface area contributed by atoms with Crippen LogP contribution in [0.3, 0.4) is 0 Å². The average Bonchev–Trinajstić information content (AvgIpc) is 3.22. The number of aldehydes is 1. The van der Waals surface area contributed by atoms with Crippen molar-refractivity contribution in [2.75, 3.05) is 18.0 Å². The van der Waals surface area contributed by atoms with Gasteiger partial charge >= 0.3 is 6.18 Å². The Morgan fingerprint density at radius 3 is 2.26 bits per heavy atom. The predicted molar refractivity (Wildman–Crippen MR) is 144 cm³/mol. The number of carbonyl (C=O) groups is 1. The van der Waals surface area contributed by atoms with E-state index in [9.17, 15) is 22.4 Å². The van der Waals surface area contributed by atoms with Crippen LogP contribution in [-0.2, 0) is 17.4 Å². The van der Waals surface area contributed by atoms with Crippen molar-refractivity contribution in [2.45, 2.75) is 38.3 Å². The summed E-state index contributed by atoms with van der Waals surface area (Å²) in [7, 11) is 0. The fourth-order valence-corrected chi connectivity index (χ4v) is 5.97. The minimum absolute atomic E-state index is 0.111. The first-order valence-electron chi connectivity index (χ1n) is 13.2. The van der Waals surface area contributed by atoms with Crippen molar-refractivity contribution in [2.24, 2.45) is 5.92 Å². The van der Waals surface area contributed by atoms with Gasteiger partial charge in [0.1, 0.15) is 6.29 Å². The summed E-state index contributed by atoms with van der Waals surface area (Å²) in [6.07, 6.45) is 0.269. The van der Waals surface area contributed by atoms with Gasteiger partial charge in [0.15, 0.2) is 0 Å². The predicted octanol–water partition coefficient (Wildman–Crippen LogP) is 7.43. The number of aryl methyl sites for hydroxylation is 1. The van der Waals surface area contributed by atoms with Gasteiger partial charge in [-0.3, -0.25) is 5.10 Å². The molecule has 0 saturated carbocycles. The van der Waals surface area contributed by atoms with E-state index in [1.54, 1.807) is 6.07 Å². The number of H-pyrrole nitrogens is 1. The number of aromatic nitrogens is 2. The summed E-state index contributed by atoms with van der Waals surface area (Å²) >= 11 is 0. The van der Waals surface area contributed by atoms with E-state index >= 15 is 0 Å². The standard InChI is InChI=1S/C31H27F4N3O/c32-30-29-25-3-1-2-24(20-4-8-22(9-5-20)31(33,34)35)28(26(25)12-13-27(29)36-37-30)21-6-10-23(11-7-21)38-16-14-19(18-39)15-17-38/h4-13,18-19H,1-3,14-17H2,(H,36,37). The van der Waals surface area contributed by atoms with Gasteiger partial charge in [0, 0.05) is 24.7 Å². The molecule has 0 bridgehead atoms. The van der Waals surface area contributed by atoms with Crippen LogP contribution in [0.4, 0.5) is 23.2 Å². The Bertz CT molecular complexity index is 1540. The Labute approximate surface area is 223 Å². The first-order valence-corrected chi connectivity index (χ1v) is 13.2. The number of hydrogen-bond donors (Lipinski definition) is 1. The molecular formula is C31H27F4N3O. The lowest BCUT2D eigenvalue weighted by atomic mass is 9.86. The summed E-state index contributed by atoms with van der Waals surface area (Å²) in [6, 6.07) is 17.2. The lowest BCUT2D eigenvalue weighted by Gasteiger charge is -2.31. The Kier molecular flexibility index (Phi) is 6.49. The van der Waals surface area contributed by atoms with Gasteiger partial charge < -0.3 is 9.69 Å². The number of nitrogens with zero attached hydrogens (tertiary/aromatic N) is 2. The lowest BCUT2D eigenvalue weighted by molar-refractivity contribution is -0.137. The topological polar surface area (TPSA) is 49.0 Å². The Hall–Kier alpha value is -3.94. The van der Waals surface area contributed by atoms with E-state index in [2.05, 4.69) is 27.2 Å². The zero-order valence-corrected chi connectivity index (χ0v) is 21.2. The average molecular weight is 534 g/mol. The van der Waals surface area contributed by atoms with E-state index in [1.807, 2.05) is 18.2 Å². The molecule has 1 aliphatic carbocycles. The third-order valence-electron chi connectivity index (χ3n) is 8.02.